The summed E-state index contributed by atoms with van der Waals surface area (Å²) in [6, 6.07) is -0.277. The van der Waals surface area contributed by atoms with Crippen LogP contribution >= 0.6 is 0 Å². The third-order valence-electron chi connectivity index (χ3n) is 4.87. The lowest BCUT2D eigenvalue weighted by Crippen LogP contribution is -2.60. The van der Waals surface area contributed by atoms with Crippen LogP contribution < -0.4 is 9.47 Å². The van der Waals surface area contributed by atoms with E-state index in [9.17, 15) is 9.59 Å². The summed E-state index contributed by atoms with van der Waals surface area (Å²) in [5.41, 5.74) is -0.259. The summed E-state index contributed by atoms with van der Waals surface area (Å²) >= 11 is 0. The Morgan fingerprint density at radius 3 is 2.32 bits per heavy atom. The van der Waals surface area contributed by atoms with Crippen molar-refractivity contribution in [3.63, 3.8) is 0 Å². The number of carbonyl (C=O) groups is 2. The van der Waals surface area contributed by atoms with Crippen LogP contribution in [0.2, 0.25) is 0 Å². The minimum atomic E-state index is -0.577. The fraction of sp³-hybridized carbons (Fsp3) is 0.684. The van der Waals surface area contributed by atoms with Crippen molar-refractivity contribution in [3.05, 3.63) is 11.8 Å². The number of ketones is 1. The average Bonchev–Trinajstić information content (AvgIpc) is 2.64. The number of rotatable bonds is 4. The van der Waals surface area contributed by atoms with Crippen LogP contribution in [0.4, 0.5) is 4.79 Å². The zero-order valence-corrected chi connectivity index (χ0v) is 16.9. The van der Waals surface area contributed by atoms with E-state index >= 15 is 0 Å². The summed E-state index contributed by atoms with van der Waals surface area (Å²) in [5.74, 6) is -0.184. The lowest BCUT2D eigenvalue weighted by atomic mass is 9.81. The van der Waals surface area contributed by atoms with Crippen LogP contribution in [0.25, 0.3) is 0 Å². The van der Waals surface area contributed by atoms with Crippen LogP contribution in [-0.2, 0) is 9.47 Å². The van der Waals surface area contributed by atoms with Gasteiger partial charge >= 0.3 is 12.1 Å². The first-order valence-electron chi connectivity index (χ1n) is 9.31. The Bertz CT molecular complexity index is 734. The maximum atomic E-state index is 13.1. The second-order valence-electron chi connectivity index (χ2n) is 8.04. The van der Waals surface area contributed by atoms with Crippen LogP contribution in [0.1, 0.15) is 44.0 Å². The molecular weight excluding hydrogens is 366 g/mol. The molecule has 2 aliphatic heterocycles. The molecule has 2 atom stereocenters. The number of methoxy groups -OCH3 is 2. The molecule has 3 heterocycles. The predicted octanol–water partition coefficient (Wildman–Crippen LogP) is 2.09. The van der Waals surface area contributed by atoms with Gasteiger partial charge in [-0.2, -0.15) is 4.98 Å². The van der Waals surface area contributed by atoms with E-state index in [0.717, 1.165) is 0 Å². The highest BCUT2D eigenvalue weighted by Gasteiger charge is 2.45. The van der Waals surface area contributed by atoms with Crippen LogP contribution in [0.5, 0.6) is 11.9 Å². The van der Waals surface area contributed by atoms with Gasteiger partial charge in [0, 0.05) is 12.1 Å². The molecule has 1 aromatic heterocycles. The van der Waals surface area contributed by atoms with Crippen molar-refractivity contribution in [3.8, 4) is 11.9 Å². The first-order valence-corrected chi connectivity index (χ1v) is 9.31. The van der Waals surface area contributed by atoms with Gasteiger partial charge in [-0.15, -0.1) is 0 Å². The monoisotopic (exact) mass is 393 g/mol. The molecule has 3 rings (SSSR count). The van der Waals surface area contributed by atoms with Gasteiger partial charge in [0.25, 0.3) is 0 Å². The summed E-state index contributed by atoms with van der Waals surface area (Å²) in [6.45, 7) is 6.28. The van der Waals surface area contributed by atoms with E-state index < -0.39 is 5.60 Å². The van der Waals surface area contributed by atoms with Crippen molar-refractivity contribution in [1.82, 2.24) is 14.9 Å². The number of amides is 1. The molecule has 0 aliphatic carbocycles. The predicted molar refractivity (Wildman–Crippen MR) is 98.7 cm³/mol. The van der Waals surface area contributed by atoms with Gasteiger partial charge in [-0.05, 0) is 33.6 Å². The van der Waals surface area contributed by atoms with Gasteiger partial charge in [0.1, 0.15) is 5.60 Å². The molecule has 9 heteroatoms. The Morgan fingerprint density at radius 1 is 1.14 bits per heavy atom. The number of aromatic nitrogens is 2. The van der Waals surface area contributed by atoms with Crippen molar-refractivity contribution < 1.29 is 28.5 Å². The molecule has 0 spiro atoms. The average molecular weight is 393 g/mol. The van der Waals surface area contributed by atoms with Crippen molar-refractivity contribution in [2.75, 3.05) is 27.4 Å². The molecule has 9 nitrogen and oxygen atoms in total. The van der Waals surface area contributed by atoms with Crippen LogP contribution in [0.3, 0.4) is 0 Å². The Morgan fingerprint density at radius 2 is 1.79 bits per heavy atom. The molecule has 0 N–H and O–H groups in total. The van der Waals surface area contributed by atoms with Gasteiger partial charge in [-0.25, -0.2) is 9.78 Å². The summed E-state index contributed by atoms with van der Waals surface area (Å²) in [5, 5.41) is 0. The lowest BCUT2D eigenvalue weighted by molar-refractivity contribution is -0.0861. The van der Waals surface area contributed by atoms with Crippen molar-refractivity contribution in [2.45, 2.75) is 51.3 Å². The maximum Gasteiger partial charge on any atom is 0.410 e. The highest BCUT2D eigenvalue weighted by atomic mass is 16.6. The Kier molecular flexibility index (Phi) is 5.74. The third kappa shape index (κ3) is 4.19. The molecule has 0 saturated carbocycles. The fourth-order valence-electron chi connectivity index (χ4n) is 3.74. The summed E-state index contributed by atoms with van der Waals surface area (Å²) in [6.07, 6.45) is 2.05. The topological polar surface area (TPSA) is 100 Å². The zero-order valence-electron chi connectivity index (χ0n) is 16.9. The second kappa shape index (κ2) is 7.90. The minimum absolute atomic E-state index is 0.0970. The third-order valence-corrected chi connectivity index (χ3v) is 4.87. The van der Waals surface area contributed by atoms with Gasteiger partial charge in [0.2, 0.25) is 5.88 Å². The smallest absolute Gasteiger partial charge is 0.410 e. The van der Waals surface area contributed by atoms with E-state index in [1.165, 1.54) is 20.4 Å². The lowest BCUT2D eigenvalue weighted by Gasteiger charge is -2.47. The van der Waals surface area contributed by atoms with Crippen LogP contribution in [-0.4, -0.2) is 71.9 Å². The van der Waals surface area contributed by atoms with E-state index in [4.69, 9.17) is 18.9 Å². The number of morpholine rings is 1. The molecular formula is C19H27N3O6. The molecule has 28 heavy (non-hydrogen) atoms. The number of ether oxygens (including phenoxy) is 4. The molecule has 0 radical (unpaired) electrons. The summed E-state index contributed by atoms with van der Waals surface area (Å²) in [7, 11) is 2.90. The normalized spacial score (nSPS) is 24.5. The molecule has 2 saturated heterocycles. The Balaban J connectivity index is 1.78. The molecule has 1 aromatic rings. The summed E-state index contributed by atoms with van der Waals surface area (Å²) in [4.78, 5) is 35.7. The van der Waals surface area contributed by atoms with Gasteiger partial charge < -0.3 is 18.9 Å². The number of fused-ring (bicyclic) bond motifs is 2. The number of nitrogens with zero attached hydrogens (tertiary/aromatic N) is 3. The molecule has 2 fully saturated rings. The number of hydrogen-bond donors (Lipinski definition) is 0. The minimum Gasteiger partial charge on any atom is -0.480 e. The first-order chi connectivity index (χ1) is 13.2. The van der Waals surface area contributed by atoms with Gasteiger partial charge in [0.05, 0.1) is 45.1 Å². The zero-order chi connectivity index (χ0) is 20.5. The van der Waals surface area contributed by atoms with Gasteiger partial charge in [0.15, 0.2) is 5.78 Å². The summed E-state index contributed by atoms with van der Waals surface area (Å²) < 4.78 is 21.4. The van der Waals surface area contributed by atoms with Crippen LogP contribution in [0.15, 0.2) is 6.20 Å². The molecule has 1 amide bonds. The van der Waals surface area contributed by atoms with Crippen molar-refractivity contribution in [2.24, 2.45) is 5.92 Å². The SMILES string of the molecule is COc1ncc(C(=O)C2CC3COCC(C2)N3C(=O)OC(C)(C)C)c(OC)n1. The number of piperidine rings is 1. The largest absolute Gasteiger partial charge is 0.480 e. The maximum absolute atomic E-state index is 13.1. The molecule has 2 aliphatic rings. The number of hydrogen-bond acceptors (Lipinski definition) is 8. The van der Waals surface area contributed by atoms with E-state index in [2.05, 4.69) is 9.97 Å². The van der Waals surface area contributed by atoms with E-state index in [1.54, 1.807) is 4.90 Å². The van der Waals surface area contributed by atoms with E-state index in [1.807, 2.05) is 20.8 Å². The molecule has 2 bridgehead atoms. The Hall–Kier alpha value is -2.42. The molecule has 0 aromatic carbocycles. The highest BCUT2D eigenvalue weighted by molar-refractivity contribution is 5.99. The Labute approximate surface area is 164 Å². The van der Waals surface area contributed by atoms with Crippen molar-refractivity contribution in [1.29, 1.82) is 0 Å². The van der Waals surface area contributed by atoms with E-state index in [0.29, 0.717) is 31.6 Å². The van der Waals surface area contributed by atoms with Crippen LogP contribution in [0, 0.1) is 5.92 Å². The molecule has 154 valence electrons. The van der Waals surface area contributed by atoms with Gasteiger partial charge in [-0.3, -0.25) is 9.69 Å². The second-order valence-corrected chi connectivity index (χ2v) is 8.04. The standard InChI is InChI=1S/C19H27N3O6/c1-19(2,3)28-18(24)22-12-6-11(7-13(22)10-27-9-12)15(23)14-8-20-17(26-5)21-16(14)25-4/h8,11-13H,6-7,9-10H2,1-5H3. The quantitative estimate of drug-likeness (QED) is 0.717. The van der Waals surface area contributed by atoms with E-state index in [-0.39, 0.29) is 41.8 Å². The van der Waals surface area contributed by atoms with Gasteiger partial charge in [-0.1, -0.05) is 0 Å². The number of carbonyl (C=O) groups excluding carboxylic acids is 2. The fourth-order valence-corrected chi connectivity index (χ4v) is 3.74. The first kappa shape index (κ1) is 20.3. The highest BCUT2D eigenvalue weighted by Crippen LogP contribution is 2.35. The van der Waals surface area contributed by atoms with Crippen molar-refractivity contribution >= 4 is 11.9 Å². The molecule has 2 unspecified atom stereocenters. The number of Topliss-reactive ketones (excluding diaryl/α,β-unsaturated/α-hetero) is 1.